The summed E-state index contributed by atoms with van der Waals surface area (Å²) in [6, 6.07) is 0. The van der Waals surface area contributed by atoms with Crippen LogP contribution in [0.2, 0.25) is 0 Å². The van der Waals surface area contributed by atoms with Gasteiger partial charge in [0.25, 0.3) is 0 Å². The number of nitrogens with zero attached hydrogens (tertiary/aromatic N) is 1. The highest BCUT2D eigenvalue weighted by Crippen LogP contribution is 2.54. The summed E-state index contributed by atoms with van der Waals surface area (Å²) in [6.45, 7) is 2.93. The third kappa shape index (κ3) is 1.64. The van der Waals surface area contributed by atoms with Crippen molar-refractivity contribution in [2.75, 3.05) is 26.8 Å². The maximum absolute atomic E-state index is 11.8. The molecule has 0 bridgehead atoms. The highest BCUT2D eigenvalue weighted by atomic mass is 16.5. The van der Waals surface area contributed by atoms with Gasteiger partial charge in [-0.05, 0) is 44.1 Å². The molecule has 3 heterocycles. The smallest absolute Gasteiger partial charge is 0.306 e. The molecule has 4 heteroatoms. The van der Waals surface area contributed by atoms with Gasteiger partial charge in [-0.25, -0.2) is 0 Å². The Hall–Kier alpha value is -0.870. The molecule has 0 unspecified atom stereocenters. The number of esters is 1. The summed E-state index contributed by atoms with van der Waals surface area (Å²) in [5, 5.41) is 0. The van der Waals surface area contributed by atoms with Crippen LogP contribution in [0, 0.1) is 11.8 Å². The third-order valence-corrected chi connectivity index (χ3v) is 6.07. The number of fused-ring (bicyclic) bond motifs is 1. The van der Waals surface area contributed by atoms with Crippen molar-refractivity contribution in [3.8, 4) is 0 Å². The summed E-state index contributed by atoms with van der Waals surface area (Å²) in [7, 11) is 1.81. The summed E-state index contributed by atoms with van der Waals surface area (Å²) >= 11 is 0. The highest BCUT2D eigenvalue weighted by Gasteiger charge is 2.58. The molecule has 3 saturated heterocycles. The number of hydrogen-bond acceptors (Lipinski definition) is 4. The van der Waals surface area contributed by atoms with E-state index in [1.54, 1.807) is 5.57 Å². The molecule has 0 aromatic carbocycles. The number of hydrogen-bond donors (Lipinski definition) is 0. The molecule has 4 atom stereocenters. The molecular weight excluding hydrogens is 254 g/mol. The Morgan fingerprint density at radius 1 is 1.45 bits per heavy atom. The normalized spacial score (nSPS) is 44.1. The number of carbonyl (C=O) groups is 1. The van der Waals surface area contributed by atoms with Crippen LogP contribution in [0.25, 0.3) is 0 Å². The Balaban J connectivity index is 1.75. The zero-order valence-electron chi connectivity index (χ0n) is 12.1. The van der Waals surface area contributed by atoms with Crippen molar-refractivity contribution in [3.63, 3.8) is 0 Å². The molecule has 3 fully saturated rings. The number of cyclic esters (lactones) is 1. The second kappa shape index (κ2) is 4.57. The van der Waals surface area contributed by atoms with E-state index in [1.165, 1.54) is 12.8 Å². The average Bonchev–Trinajstić information content (AvgIpc) is 2.86. The summed E-state index contributed by atoms with van der Waals surface area (Å²) in [5.74, 6) is 0.971. The fourth-order valence-electron chi connectivity index (χ4n) is 5.12. The lowest BCUT2D eigenvalue weighted by atomic mass is 9.62. The van der Waals surface area contributed by atoms with E-state index in [-0.39, 0.29) is 11.5 Å². The molecule has 1 spiro atoms. The molecule has 0 aromatic heterocycles. The topological polar surface area (TPSA) is 38.8 Å². The molecule has 1 aliphatic carbocycles. The Morgan fingerprint density at radius 2 is 2.35 bits per heavy atom. The second-order valence-corrected chi connectivity index (χ2v) is 6.73. The SMILES string of the molecule is CO[C@H]1CC=C2CCN3CC[C@H]4COC(=O)C[C@@H]4[C@]23C1. The molecule has 3 aliphatic heterocycles. The Labute approximate surface area is 120 Å². The number of piperidine rings is 1. The van der Waals surface area contributed by atoms with Gasteiger partial charge in [-0.3, -0.25) is 9.69 Å². The van der Waals surface area contributed by atoms with Crippen LogP contribution in [-0.2, 0) is 14.3 Å². The summed E-state index contributed by atoms with van der Waals surface area (Å²) in [6.07, 6.45) is 7.73. The molecule has 4 rings (SSSR count). The highest BCUT2D eigenvalue weighted by molar-refractivity contribution is 5.71. The van der Waals surface area contributed by atoms with Gasteiger partial charge in [-0.15, -0.1) is 0 Å². The minimum atomic E-state index is -0.00624. The fraction of sp³-hybridized carbons (Fsp3) is 0.812. The van der Waals surface area contributed by atoms with Gasteiger partial charge < -0.3 is 9.47 Å². The lowest BCUT2D eigenvalue weighted by Gasteiger charge is -2.55. The first-order valence-corrected chi connectivity index (χ1v) is 7.87. The van der Waals surface area contributed by atoms with Gasteiger partial charge in [0, 0.05) is 19.2 Å². The third-order valence-electron chi connectivity index (χ3n) is 6.07. The molecule has 4 nitrogen and oxygen atoms in total. The Morgan fingerprint density at radius 3 is 3.20 bits per heavy atom. The van der Waals surface area contributed by atoms with Crippen molar-refractivity contribution in [1.82, 2.24) is 4.90 Å². The van der Waals surface area contributed by atoms with E-state index < -0.39 is 0 Å². The van der Waals surface area contributed by atoms with Gasteiger partial charge >= 0.3 is 5.97 Å². The molecule has 0 N–H and O–H groups in total. The second-order valence-electron chi connectivity index (χ2n) is 6.73. The van der Waals surface area contributed by atoms with Crippen LogP contribution in [0.1, 0.15) is 32.1 Å². The maximum atomic E-state index is 11.8. The van der Waals surface area contributed by atoms with Crippen molar-refractivity contribution in [3.05, 3.63) is 11.6 Å². The van der Waals surface area contributed by atoms with E-state index in [0.717, 1.165) is 25.9 Å². The van der Waals surface area contributed by atoms with Gasteiger partial charge in [0.05, 0.1) is 19.1 Å². The first kappa shape index (κ1) is 12.8. The van der Waals surface area contributed by atoms with Crippen LogP contribution in [0.15, 0.2) is 11.6 Å². The van der Waals surface area contributed by atoms with Crippen LogP contribution in [-0.4, -0.2) is 49.3 Å². The van der Waals surface area contributed by atoms with E-state index in [1.807, 2.05) is 7.11 Å². The molecule has 0 saturated carbocycles. The van der Waals surface area contributed by atoms with Gasteiger partial charge in [0.1, 0.15) is 0 Å². The van der Waals surface area contributed by atoms with Crippen LogP contribution in [0.5, 0.6) is 0 Å². The predicted octanol–water partition coefficient (Wildman–Crippen LogP) is 1.75. The Bertz CT molecular complexity index is 461. The maximum Gasteiger partial charge on any atom is 0.306 e. The predicted molar refractivity (Wildman–Crippen MR) is 74.2 cm³/mol. The van der Waals surface area contributed by atoms with Gasteiger partial charge in [0.2, 0.25) is 0 Å². The molecule has 20 heavy (non-hydrogen) atoms. The standard InChI is InChI=1S/C16H23NO3/c1-19-13-3-2-12-5-7-17-6-4-11-10-20-15(18)8-14(11)16(12,17)9-13/h2,11,13-14H,3-10H2,1H3/t11-,13-,14-,16-/m0/s1. The van der Waals surface area contributed by atoms with E-state index in [9.17, 15) is 4.79 Å². The summed E-state index contributed by atoms with van der Waals surface area (Å²) < 4.78 is 11.0. The fourth-order valence-corrected chi connectivity index (χ4v) is 5.12. The number of rotatable bonds is 1. The molecule has 110 valence electrons. The lowest BCUT2D eigenvalue weighted by Crippen LogP contribution is -2.62. The van der Waals surface area contributed by atoms with Gasteiger partial charge in [-0.2, -0.15) is 0 Å². The first-order chi connectivity index (χ1) is 9.74. The molecule has 4 aliphatic rings. The minimum absolute atomic E-state index is 0.00624. The van der Waals surface area contributed by atoms with Crippen LogP contribution >= 0.6 is 0 Å². The number of carbonyl (C=O) groups excluding carboxylic acids is 1. The average molecular weight is 277 g/mol. The quantitative estimate of drug-likeness (QED) is 0.541. The number of ether oxygens (including phenoxy) is 2. The Kier molecular flexibility index (Phi) is 2.93. The van der Waals surface area contributed by atoms with Crippen molar-refractivity contribution in [2.45, 2.75) is 43.7 Å². The molecule has 0 radical (unpaired) electrons. The zero-order valence-corrected chi connectivity index (χ0v) is 12.1. The van der Waals surface area contributed by atoms with Crippen LogP contribution in [0.3, 0.4) is 0 Å². The molecule has 0 aromatic rings. The van der Waals surface area contributed by atoms with E-state index in [2.05, 4.69) is 11.0 Å². The zero-order chi connectivity index (χ0) is 13.7. The molecular formula is C16H23NO3. The van der Waals surface area contributed by atoms with E-state index in [0.29, 0.717) is 31.0 Å². The van der Waals surface area contributed by atoms with Crippen LogP contribution < -0.4 is 0 Å². The van der Waals surface area contributed by atoms with Crippen LogP contribution in [0.4, 0.5) is 0 Å². The largest absolute Gasteiger partial charge is 0.465 e. The van der Waals surface area contributed by atoms with Crippen molar-refractivity contribution in [1.29, 1.82) is 0 Å². The van der Waals surface area contributed by atoms with Crippen molar-refractivity contribution in [2.24, 2.45) is 11.8 Å². The lowest BCUT2D eigenvalue weighted by molar-refractivity contribution is -0.162. The number of methoxy groups -OCH3 is 1. The minimum Gasteiger partial charge on any atom is -0.465 e. The van der Waals surface area contributed by atoms with E-state index in [4.69, 9.17) is 9.47 Å². The van der Waals surface area contributed by atoms with Gasteiger partial charge in [-0.1, -0.05) is 11.6 Å². The van der Waals surface area contributed by atoms with Crippen molar-refractivity contribution < 1.29 is 14.3 Å². The summed E-state index contributed by atoms with van der Waals surface area (Å²) in [4.78, 5) is 14.5. The first-order valence-electron chi connectivity index (χ1n) is 7.87. The van der Waals surface area contributed by atoms with E-state index >= 15 is 0 Å². The van der Waals surface area contributed by atoms with Gasteiger partial charge in [0.15, 0.2) is 0 Å². The summed E-state index contributed by atoms with van der Waals surface area (Å²) in [5.41, 5.74) is 1.68. The van der Waals surface area contributed by atoms with Crippen molar-refractivity contribution >= 4 is 5.97 Å². The monoisotopic (exact) mass is 277 g/mol. The molecule has 0 amide bonds.